The lowest BCUT2D eigenvalue weighted by molar-refractivity contribution is 0.394. The fourth-order valence-electron chi connectivity index (χ4n) is 2.35. The Hall–Kier alpha value is -2.01. The molecule has 1 aromatic heterocycles. The van der Waals surface area contributed by atoms with Crippen molar-refractivity contribution >= 4 is 0 Å². The minimum absolute atomic E-state index is 0.755. The predicted molar refractivity (Wildman–Crippen MR) is 83.5 cm³/mol. The zero-order chi connectivity index (χ0) is 15.4. The number of rotatable bonds is 6. The Bertz CT molecular complexity index is 598. The van der Waals surface area contributed by atoms with Crippen LogP contribution in [0.25, 0.3) is 5.69 Å². The van der Waals surface area contributed by atoms with Crippen molar-refractivity contribution in [1.29, 1.82) is 0 Å². The highest BCUT2D eigenvalue weighted by Gasteiger charge is 2.13. The summed E-state index contributed by atoms with van der Waals surface area (Å²) < 4.78 is 12.6. The molecular weight excluding hydrogens is 266 g/mol. The van der Waals surface area contributed by atoms with Crippen molar-refractivity contribution in [2.75, 3.05) is 20.8 Å². The van der Waals surface area contributed by atoms with Crippen molar-refractivity contribution < 1.29 is 9.47 Å². The van der Waals surface area contributed by atoms with Crippen LogP contribution in [0.2, 0.25) is 0 Å². The van der Waals surface area contributed by atoms with E-state index in [0.29, 0.717) is 0 Å². The van der Waals surface area contributed by atoms with Crippen LogP contribution < -0.4 is 14.8 Å². The summed E-state index contributed by atoms with van der Waals surface area (Å²) in [4.78, 5) is 0. The van der Waals surface area contributed by atoms with Crippen LogP contribution in [0.15, 0.2) is 18.2 Å². The highest BCUT2D eigenvalue weighted by atomic mass is 16.5. The summed E-state index contributed by atoms with van der Waals surface area (Å²) in [7, 11) is 3.30. The smallest absolute Gasteiger partial charge is 0.124 e. The zero-order valence-corrected chi connectivity index (χ0v) is 13.4. The highest BCUT2D eigenvalue weighted by Crippen LogP contribution is 2.26. The van der Waals surface area contributed by atoms with E-state index in [4.69, 9.17) is 9.47 Å². The second-order valence-corrected chi connectivity index (χ2v) is 4.91. The van der Waals surface area contributed by atoms with Gasteiger partial charge in [0.15, 0.2) is 0 Å². The molecule has 0 saturated heterocycles. The second-order valence-electron chi connectivity index (χ2n) is 4.91. The molecule has 0 aliphatic carbocycles. The molecular formula is C16H23N3O2. The molecule has 114 valence electrons. The maximum Gasteiger partial charge on any atom is 0.124 e. The van der Waals surface area contributed by atoms with E-state index in [0.717, 1.165) is 41.7 Å². The molecule has 0 fully saturated rings. The van der Waals surface area contributed by atoms with Gasteiger partial charge < -0.3 is 14.8 Å². The summed E-state index contributed by atoms with van der Waals surface area (Å²) in [5, 5.41) is 8.00. The van der Waals surface area contributed by atoms with E-state index in [2.05, 4.69) is 24.3 Å². The lowest BCUT2D eigenvalue weighted by Crippen LogP contribution is -2.13. The van der Waals surface area contributed by atoms with E-state index in [9.17, 15) is 0 Å². The number of aromatic nitrogens is 2. The quantitative estimate of drug-likeness (QED) is 0.888. The highest BCUT2D eigenvalue weighted by molar-refractivity contribution is 5.47. The SMILES string of the molecule is CCNCc1c(C)nn(-c2cc(OC)cc(OC)c2)c1C. The molecule has 0 radical (unpaired) electrons. The van der Waals surface area contributed by atoms with Gasteiger partial charge in [-0.1, -0.05) is 6.92 Å². The van der Waals surface area contributed by atoms with Crippen LogP contribution in [-0.4, -0.2) is 30.5 Å². The predicted octanol–water partition coefficient (Wildman–Crippen LogP) is 2.62. The summed E-state index contributed by atoms with van der Waals surface area (Å²) in [5.74, 6) is 1.51. The summed E-state index contributed by atoms with van der Waals surface area (Å²) in [6, 6.07) is 5.77. The Labute approximate surface area is 125 Å². The molecule has 0 aliphatic heterocycles. The second kappa shape index (κ2) is 6.63. The van der Waals surface area contributed by atoms with Gasteiger partial charge in [-0.3, -0.25) is 0 Å². The molecule has 1 heterocycles. The van der Waals surface area contributed by atoms with Gasteiger partial charge in [-0.2, -0.15) is 5.10 Å². The number of methoxy groups -OCH3 is 2. The van der Waals surface area contributed by atoms with Gasteiger partial charge >= 0.3 is 0 Å². The number of hydrogen-bond donors (Lipinski definition) is 1. The van der Waals surface area contributed by atoms with E-state index in [1.807, 2.05) is 29.8 Å². The average molecular weight is 289 g/mol. The minimum Gasteiger partial charge on any atom is -0.497 e. The standard InChI is InChI=1S/C16H23N3O2/c1-6-17-10-16-11(2)18-19(12(16)3)13-7-14(20-4)9-15(8-13)21-5/h7-9,17H,6,10H2,1-5H3. The van der Waals surface area contributed by atoms with Crippen LogP contribution in [0.3, 0.4) is 0 Å². The first-order chi connectivity index (χ1) is 10.1. The third kappa shape index (κ3) is 3.19. The van der Waals surface area contributed by atoms with Gasteiger partial charge in [0.05, 0.1) is 25.6 Å². The largest absolute Gasteiger partial charge is 0.497 e. The van der Waals surface area contributed by atoms with Crippen molar-refractivity contribution in [2.24, 2.45) is 0 Å². The van der Waals surface area contributed by atoms with Crippen molar-refractivity contribution in [3.8, 4) is 17.2 Å². The molecule has 0 spiro atoms. The summed E-state index contributed by atoms with van der Waals surface area (Å²) in [6.07, 6.45) is 0. The Kier molecular flexibility index (Phi) is 4.85. The molecule has 2 rings (SSSR count). The van der Waals surface area contributed by atoms with Crippen LogP contribution in [0.1, 0.15) is 23.9 Å². The first-order valence-corrected chi connectivity index (χ1v) is 7.10. The maximum atomic E-state index is 5.33. The van der Waals surface area contributed by atoms with Crippen LogP contribution in [-0.2, 0) is 6.54 Å². The van der Waals surface area contributed by atoms with Gasteiger partial charge in [0.1, 0.15) is 11.5 Å². The number of benzene rings is 1. The zero-order valence-electron chi connectivity index (χ0n) is 13.4. The van der Waals surface area contributed by atoms with E-state index >= 15 is 0 Å². The number of hydrogen-bond acceptors (Lipinski definition) is 4. The molecule has 2 aromatic rings. The fraction of sp³-hybridized carbons (Fsp3) is 0.438. The van der Waals surface area contributed by atoms with E-state index in [1.165, 1.54) is 5.56 Å². The number of nitrogens with one attached hydrogen (secondary N) is 1. The molecule has 0 amide bonds. The third-order valence-electron chi connectivity index (χ3n) is 3.57. The molecule has 1 N–H and O–H groups in total. The monoisotopic (exact) mass is 289 g/mol. The summed E-state index contributed by atoms with van der Waals surface area (Å²) in [5.41, 5.74) is 4.34. The van der Waals surface area contributed by atoms with Gasteiger partial charge in [-0.25, -0.2) is 4.68 Å². The van der Waals surface area contributed by atoms with Crippen molar-refractivity contribution in [2.45, 2.75) is 27.3 Å². The lowest BCUT2D eigenvalue weighted by atomic mass is 10.2. The molecule has 0 atom stereocenters. The maximum absolute atomic E-state index is 5.33. The summed E-state index contributed by atoms with van der Waals surface area (Å²) >= 11 is 0. The molecule has 0 bridgehead atoms. The number of nitrogens with zero attached hydrogens (tertiary/aromatic N) is 2. The van der Waals surface area contributed by atoms with Crippen LogP contribution in [0, 0.1) is 13.8 Å². The molecule has 5 heteroatoms. The topological polar surface area (TPSA) is 48.3 Å². The fourth-order valence-corrected chi connectivity index (χ4v) is 2.35. The molecule has 0 saturated carbocycles. The Morgan fingerprint density at radius 1 is 1.10 bits per heavy atom. The Morgan fingerprint density at radius 2 is 1.71 bits per heavy atom. The first-order valence-electron chi connectivity index (χ1n) is 7.10. The van der Waals surface area contributed by atoms with E-state index < -0.39 is 0 Å². The molecule has 21 heavy (non-hydrogen) atoms. The number of aryl methyl sites for hydroxylation is 1. The molecule has 0 aliphatic rings. The molecule has 5 nitrogen and oxygen atoms in total. The minimum atomic E-state index is 0.755. The van der Waals surface area contributed by atoms with E-state index in [1.54, 1.807) is 14.2 Å². The van der Waals surface area contributed by atoms with Gasteiger partial charge in [-0.15, -0.1) is 0 Å². The van der Waals surface area contributed by atoms with Gasteiger partial charge in [0.2, 0.25) is 0 Å². The molecule has 0 unspecified atom stereocenters. The Morgan fingerprint density at radius 3 is 2.24 bits per heavy atom. The van der Waals surface area contributed by atoms with Gasteiger partial charge in [-0.05, 0) is 20.4 Å². The van der Waals surface area contributed by atoms with E-state index in [-0.39, 0.29) is 0 Å². The van der Waals surface area contributed by atoms with Crippen LogP contribution in [0.4, 0.5) is 0 Å². The third-order valence-corrected chi connectivity index (χ3v) is 3.57. The Balaban J connectivity index is 2.46. The van der Waals surface area contributed by atoms with Crippen LogP contribution in [0.5, 0.6) is 11.5 Å². The lowest BCUT2D eigenvalue weighted by Gasteiger charge is -2.10. The van der Waals surface area contributed by atoms with Crippen LogP contribution >= 0.6 is 0 Å². The first kappa shape index (κ1) is 15.4. The average Bonchev–Trinajstić information content (AvgIpc) is 2.79. The normalized spacial score (nSPS) is 10.7. The van der Waals surface area contributed by atoms with Crippen molar-refractivity contribution in [1.82, 2.24) is 15.1 Å². The van der Waals surface area contributed by atoms with Crippen molar-refractivity contribution in [3.63, 3.8) is 0 Å². The van der Waals surface area contributed by atoms with Gasteiger partial charge in [0.25, 0.3) is 0 Å². The van der Waals surface area contributed by atoms with Crippen molar-refractivity contribution in [3.05, 3.63) is 35.2 Å². The summed E-state index contributed by atoms with van der Waals surface area (Å²) in [6.45, 7) is 7.99. The number of ether oxygens (including phenoxy) is 2. The molecule has 1 aromatic carbocycles. The van der Waals surface area contributed by atoms with Gasteiger partial charge in [0, 0.05) is 36.0 Å².